The van der Waals surface area contributed by atoms with Gasteiger partial charge in [0, 0.05) is 6.54 Å². The summed E-state index contributed by atoms with van der Waals surface area (Å²) in [5, 5.41) is 9.12. The van der Waals surface area contributed by atoms with E-state index in [1.54, 1.807) is 7.11 Å². The summed E-state index contributed by atoms with van der Waals surface area (Å²) in [6, 6.07) is 3.83. The van der Waals surface area contributed by atoms with Crippen LogP contribution in [0.1, 0.15) is 11.1 Å². The zero-order chi connectivity index (χ0) is 14.7. The number of nitrogens with zero attached hydrogens (tertiary/aromatic N) is 1. The number of benzene rings is 1. The second kappa shape index (κ2) is 6.13. The van der Waals surface area contributed by atoms with Gasteiger partial charge in [0.1, 0.15) is 6.61 Å². The molecule has 0 spiro atoms. The Labute approximate surface area is 119 Å². The minimum absolute atomic E-state index is 0.327. The molecule has 0 bridgehead atoms. The predicted octanol–water partition coefficient (Wildman–Crippen LogP) is 1.44. The van der Waals surface area contributed by atoms with Crippen LogP contribution in [0.5, 0.6) is 11.5 Å². The Morgan fingerprint density at radius 3 is 2.40 bits per heavy atom. The molecule has 0 fully saturated rings. The van der Waals surface area contributed by atoms with Crippen molar-refractivity contribution < 1.29 is 19.4 Å². The number of ether oxygens (including phenoxy) is 2. The van der Waals surface area contributed by atoms with E-state index >= 15 is 0 Å². The first-order chi connectivity index (χ1) is 9.51. The summed E-state index contributed by atoms with van der Waals surface area (Å²) >= 11 is 0. The monoisotopic (exact) mass is 279 g/mol. The number of hydrogen-bond acceptors (Lipinski definition) is 4. The molecule has 1 atom stereocenters. The molecule has 0 aromatic heterocycles. The molecular weight excluding hydrogens is 258 g/mol. The molecular formula is C15H21NO4. The zero-order valence-electron chi connectivity index (χ0n) is 12.2. The smallest absolute Gasteiger partial charge is 0.307 e. The van der Waals surface area contributed by atoms with Crippen molar-refractivity contribution in [3.8, 4) is 11.5 Å². The highest BCUT2D eigenvalue weighted by Crippen LogP contribution is 2.36. The molecule has 0 aliphatic heterocycles. The maximum atomic E-state index is 11.1. The summed E-state index contributed by atoms with van der Waals surface area (Å²) < 4.78 is 11.1. The molecule has 5 nitrogen and oxygen atoms in total. The number of likely N-dealkylation sites (N-methyl/N-ethyl adjacent to an activating group) is 1. The fraction of sp³-hybridized carbons (Fsp3) is 0.533. The van der Waals surface area contributed by atoms with Crippen LogP contribution in [0, 0.1) is 5.92 Å². The number of carboxylic acids is 1. The molecule has 1 aromatic carbocycles. The molecule has 0 saturated carbocycles. The molecule has 0 radical (unpaired) electrons. The van der Waals surface area contributed by atoms with Gasteiger partial charge in [0.05, 0.1) is 13.0 Å². The van der Waals surface area contributed by atoms with E-state index in [1.165, 1.54) is 0 Å². The SMILES string of the molecule is COc1cc2c(cc1OCCN(C)C)CC(C(=O)O)C2. The van der Waals surface area contributed by atoms with Gasteiger partial charge in [-0.1, -0.05) is 0 Å². The van der Waals surface area contributed by atoms with Crippen molar-refractivity contribution in [2.75, 3.05) is 34.4 Å². The molecule has 0 amide bonds. The van der Waals surface area contributed by atoms with Gasteiger partial charge >= 0.3 is 5.97 Å². The first-order valence-corrected chi connectivity index (χ1v) is 6.71. The fourth-order valence-electron chi connectivity index (χ4n) is 2.41. The molecule has 1 aliphatic rings. The molecule has 0 saturated heterocycles. The van der Waals surface area contributed by atoms with E-state index in [9.17, 15) is 4.79 Å². The number of fused-ring (bicyclic) bond motifs is 1. The van der Waals surface area contributed by atoms with E-state index in [0.717, 1.165) is 17.7 Å². The Bertz CT molecular complexity index is 499. The van der Waals surface area contributed by atoms with Gasteiger partial charge in [-0.05, 0) is 50.2 Å². The number of aliphatic carboxylic acids is 1. The average molecular weight is 279 g/mol. The van der Waals surface area contributed by atoms with Crippen LogP contribution in [0.25, 0.3) is 0 Å². The number of methoxy groups -OCH3 is 1. The van der Waals surface area contributed by atoms with Crippen molar-refractivity contribution in [1.82, 2.24) is 4.90 Å². The summed E-state index contributed by atoms with van der Waals surface area (Å²) in [4.78, 5) is 13.1. The number of carboxylic acid groups (broad SMARTS) is 1. The maximum Gasteiger partial charge on any atom is 0.307 e. The number of carbonyl (C=O) groups is 1. The quantitative estimate of drug-likeness (QED) is 0.853. The van der Waals surface area contributed by atoms with Crippen molar-refractivity contribution in [3.63, 3.8) is 0 Å². The van der Waals surface area contributed by atoms with E-state index in [1.807, 2.05) is 31.1 Å². The molecule has 1 unspecified atom stereocenters. The van der Waals surface area contributed by atoms with Crippen LogP contribution in [0.4, 0.5) is 0 Å². The highest BCUT2D eigenvalue weighted by molar-refractivity contribution is 5.72. The average Bonchev–Trinajstić information content (AvgIpc) is 2.80. The third-order valence-corrected chi connectivity index (χ3v) is 3.56. The molecule has 110 valence electrons. The predicted molar refractivity (Wildman–Crippen MR) is 75.6 cm³/mol. The summed E-state index contributed by atoms with van der Waals surface area (Å²) in [7, 11) is 5.58. The van der Waals surface area contributed by atoms with Crippen LogP contribution in [0.3, 0.4) is 0 Å². The van der Waals surface area contributed by atoms with Crippen molar-refractivity contribution >= 4 is 5.97 Å². The van der Waals surface area contributed by atoms with Crippen molar-refractivity contribution in [2.45, 2.75) is 12.8 Å². The lowest BCUT2D eigenvalue weighted by molar-refractivity contribution is -0.141. The van der Waals surface area contributed by atoms with Gasteiger partial charge in [-0.2, -0.15) is 0 Å². The standard InChI is InChI=1S/C15H21NO4/c1-16(2)4-5-20-14-9-11-7-12(15(17)18)6-10(11)8-13(14)19-3/h8-9,12H,4-7H2,1-3H3,(H,17,18). The van der Waals surface area contributed by atoms with Crippen LogP contribution >= 0.6 is 0 Å². The normalized spacial score (nSPS) is 17.1. The highest BCUT2D eigenvalue weighted by Gasteiger charge is 2.28. The van der Waals surface area contributed by atoms with E-state index < -0.39 is 5.97 Å². The topological polar surface area (TPSA) is 59.0 Å². The van der Waals surface area contributed by atoms with Gasteiger partial charge in [0.25, 0.3) is 0 Å². The molecule has 1 aliphatic carbocycles. The van der Waals surface area contributed by atoms with Crippen molar-refractivity contribution in [2.24, 2.45) is 5.92 Å². The number of rotatable bonds is 6. The molecule has 0 heterocycles. The fourth-order valence-corrected chi connectivity index (χ4v) is 2.41. The largest absolute Gasteiger partial charge is 0.493 e. The first kappa shape index (κ1) is 14.7. The lowest BCUT2D eigenvalue weighted by Gasteiger charge is -2.14. The second-order valence-corrected chi connectivity index (χ2v) is 5.37. The van der Waals surface area contributed by atoms with Crippen LogP contribution < -0.4 is 9.47 Å². The van der Waals surface area contributed by atoms with Crippen LogP contribution in [-0.4, -0.2) is 50.3 Å². The maximum absolute atomic E-state index is 11.1. The first-order valence-electron chi connectivity index (χ1n) is 6.71. The summed E-state index contributed by atoms with van der Waals surface area (Å²) in [6.45, 7) is 1.39. The van der Waals surface area contributed by atoms with Gasteiger partial charge in [-0.15, -0.1) is 0 Å². The Morgan fingerprint density at radius 1 is 1.30 bits per heavy atom. The van der Waals surface area contributed by atoms with E-state index in [4.69, 9.17) is 14.6 Å². The Balaban J connectivity index is 2.14. The molecule has 2 rings (SSSR count). The minimum Gasteiger partial charge on any atom is -0.493 e. The van der Waals surface area contributed by atoms with Crippen LogP contribution in [0.2, 0.25) is 0 Å². The third kappa shape index (κ3) is 3.22. The Morgan fingerprint density at radius 2 is 1.90 bits per heavy atom. The third-order valence-electron chi connectivity index (χ3n) is 3.56. The molecule has 20 heavy (non-hydrogen) atoms. The van der Waals surface area contributed by atoms with Gasteiger partial charge in [0.15, 0.2) is 11.5 Å². The summed E-state index contributed by atoms with van der Waals surface area (Å²) in [6.07, 6.45) is 1.14. The molecule has 1 aromatic rings. The Hall–Kier alpha value is -1.75. The van der Waals surface area contributed by atoms with Gasteiger partial charge in [-0.25, -0.2) is 0 Å². The van der Waals surface area contributed by atoms with E-state index in [0.29, 0.717) is 30.9 Å². The lowest BCUT2D eigenvalue weighted by atomic mass is 10.1. The summed E-state index contributed by atoms with van der Waals surface area (Å²) in [5.41, 5.74) is 2.10. The van der Waals surface area contributed by atoms with Gasteiger partial charge in [-0.3, -0.25) is 4.79 Å². The van der Waals surface area contributed by atoms with Crippen LogP contribution in [0.15, 0.2) is 12.1 Å². The van der Waals surface area contributed by atoms with E-state index in [-0.39, 0.29) is 5.92 Å². The second-order valence-electron chi connectivity index (χ2n) is 5.37. The minimum atomic E-state index is -0.741. The van der Waals surface area contributed by atoms with Crippen molar-refractivity contribution in [3.05, 3.63) is 23.3 Å². The van der Waals surface area contributed by atoms with Gasteiger partial charge in [0.2, 0.25) is 0 Å². The van der Waals surface area contributed by atoms with Crippen LogP contribution in [-0.2, 0) is 17.6 Å². The highest BCUT2D eigenvalue weighted by atomic mass is 16.5. The van der Waals surface area contributed by atoms with Gasteiger partial charge < -0.3 is 19.5 Å². The molecule has 1 N–H and O–H groups in total. The summed E-state index contributed by atoms with van der Waals surface area (Å²) in [5.74, 6) is 0.301. The Kier molecular flexibility index (Phi) is 4.49. The van der Waals surface area contributed by atoms with E-state index in [2.05, 4.69) is 0 Å². The zero-order valence-corrected chi connectivity index (χ0v) is 12.2. The number of hydrogen-bond donors (Lipinski definition) is 1. The lowest BCUT2D eigenvalue weighted by Crippen LogP contribution is -2.19. The molecule has 5 heteroatoms. The van der Waals surface area contributed by atoms with Crippen molar-refractivity contribution in [1.29, 1.82) is 0 Å².